The van der Waals surface area contributed by atoms with Gasteiger partial charge in [0.25, 0.3) is 0 Å². The van der Waals surface area contributed by atoms with Gasteiger partial charge in [0.1, 0.15) is 11.9 Å². The molecule has 0 aromatic carbocycles. The Hall–Kier alpha value is -1.60. The van der Waals surface area contributed by atoms with Crippen molar-refractivity contribution in [2.75, 3.05) is 24.5 Å². The smallest absolute Gasteiger partial charge is 0.146 e. The molecule has 2 aliphatic rings. The minimum Gasteiger partial charge on any atom is -0.355 e. The van der Waals surface area contributed by atoms with Gasteiger partial charge >= 0.3 is 0 Å². The van der Waals surface area contributed by atoms with Crippen LogP contribution in [0.3, 0.4) is 0 Å². The highest BCUT2D eigenvalue weighted by Crippen LogP contribution is 2.30. The lowest BCUT2D eigenvalue weighted by atomic mass is 9.87. The number of hydrogen-bond acceptors (Lipinski definition) is 4. The fraction of sp³-hybridized carbons (Fsp3) is 0.647. The van der Waals surface area contributed by atoms with E-state index in [0.29, 0.717) is 18.4 Å². The molecule has 1 aromatic rings. The number of hydrogen-bond donors (Lipinski definition) is 1. The van der Waals surface area contributed by atoms with Crippen molar-refractivity contribution in [1.29, 1.82) is 5.26 Å². The minimum absolute atomic E-state index is 0.503. The maximum atomic E-state index is 9.48. The molecule has 1 fully saturated rings. The van der Waals surface area contributed by atoms with E-state index in [4.69, 9.17) is 10.7 Å². The normalized spacial score (nSPS) is 25.3. The van der Waals surface area contributed by atoms with E-state index in [2.05, 4.69) is 24.0 Å². The molecule has 1 aliphatic carbocycles. The van der Waals surface area contributed by atoms with Crippen LogP contribution in [0.4, 0.5) is 5.82 Å². The van der Waals surface area contributed by atoms with Gasteiger partial charge in [0.15, 0.2) is 0 Å². The molecule has 2 N–H and O–H groups in total. The van der Waals surface area contributed by atoms with Crippen LogP contribution < -0.4 is 10.6 Å². The molecule has 112 valence electrons. The summed E-state index contributed by atoms with van der Waals surface area (Å²) in [7, 11) is 0. The summed E-state index contributed by atoms with van der Waals surface area (Å²) in [6.45, 7) is 4.90. The van der Waals surface area contributed by atoms with Gasteiger partial charge in [-0.3, -0.25) is 0 Å². The molecule has 0 amide bonds. The van der Waals surface area contributed by atoms with Crippen molar-refractivity contribution in [3.63, 3.8) is 0 Å². The molecule has 0 bridgehead atoms. The van der Waals surface area contributed by atoms with Crippen molar-refractivity contribution in [2.24, 2.45) is 17.6 Å². The lowest BCUT2D eigenvalue weighted by Crippen LogP contribution is -2.43. The Balaban J connectivity index is 1.92. The largest absolute Gasteiger partial charge is 0.355 e. The van der Waals surface area contributed by atoms with E-state index < -0.39 is 0 Å². The second-order valence-corrected chi connectivity index (χ2v) is 6.49. The van der Waals surface area contributed by atoms with E-state index in [9.17, 15) is 5.26 Å². The molecule has 1 saturated heterocycles. The number of rotatable bonds is 2. The van der Waals surface area contributed by atoms with Crippen molar-refractivity contribution >= 4 is 5.82 Å². The summed E-state index contributed by atoms with van der Waals surface area (Å²) in [6, 6.07) is 4.43. The first-order valence-corrected chi connectivity index (χ1v) is 8.11. The number of anilines is 1. The summed E-state index contributed by atoms with van der Waals surface area (Å²) in [5.41, 5.74) is 9.13. The monoisotopic (exact) mass is 284 g/mol. The molecule has 1 aromatic heterocycles. The molecule has 2 heterocycles. The minimum atomic E-state index is 0.503. The maximum Gasteiger partial charge on any atom is 0.146 e. The molecule has 0 radical (unpaired) electrons. The molecule has 21 heavy (non-hydrogen) atoms. The van der Waals surface area contributed by atoms with Crippen LogP contribution in [-0.4, -0.2) is 24.6 Å². The van der Waals surface area contributed by atoms with Gasteiger partial charge in [0.05, 0.1) is 5.56 Å². The maximum absolute atomic E-state index is 9.48. The highest BCUT2D eigenvalue weighted by Gasteiger charge is 2.28. The number of nitriles is 1. The Morgan fingerprint density at radius 1 is 1.43 bits per heavy atom. The fourth-order valence-corrected chi connectivity index (χ4v) is 3.59. The van der Waals surface area contributed by atoms with E-state index in [1.54, 1.807) is 0 Å². The summed E-state index contributed by atoms with van der Waals surface area (Å²) in [4.78, 5) is 7.15. The Kier molecular flexibility index (Phi) is 4.12. The van der Waals surface area contributed by atoms with Crippen LogP contribution in [0, 0.1) is 23.2 Å². The summed E-state index contributed by atoms with van der Waals surface area (Å²) >= 11 is 0. The van der Waals surface area contributed by atoms with Crippen LogP contribution >= 0.6 is 0 Å². The zero-order chi connectivity index (χ0) is 14.8. The van der Waals surface area contributed by atoms with Crippen LogP contribution in [-0.2, 0) is 12.8 Å². The quantitative estimate of drug-likeness (QED) is 0.904. The Morgan fingerprint density at radius 3 is 3.00 bits per heavy atom. The lowest BCUT2D eigenvalue weighted by Gasteiger charge is -2.38. The van der Waals surface area contributed by atoms with Gasteiger partial charge in [-0.05, 0) is 62.1 Å². The first-order valence-electron chi connectivity index (χ1n) is 8.11. The molecule has 0 saturated carbocycles. The van der Waals surface area contributed by atoms with Crippen molar-refractivity contribution in [3.8, 4) is 6.07 Å². The van der Waals surface area contributed by atoms with Gasteiger partial charge in [0.2, 0.25) is 0 Å². The second kappa shape index (κ2) is 6.03. The van der Waals surface area contributed by atoms with E-state index in [-0.39, 0.29) is 0 Å². The number of nitrogens with two attached hydrogens (primary N) is 1. The Labute approximate surface area is 127 Å². The Morgan fingerprint density at radius 2 is 2.24 bits per heavy atom. The van der Waals surface area contributed by atoms with Crippen LogP contribution in [0.25, 0.3) is 0 Å². The molecule has 4 nitrogen and oxygen atoms in total. The zero-order valence-electron chi connectivity index (χ0n) is 12.8. The van der Waals surface area contributed by atoms with Crippen molar-refractivity contribution < 1.29 is 0 Å². The molecule has 0 spiro atoms. The number of fused-ring (bicyclic) bond motifs is 1. The average molecular weight is 284 g/mol. The number of pyridine rings is 1. The number of piperidine rings is 1. The first kappa shape index (κ1) is 14.3. The topological polar surface area (TPSA) is 65.9 Å². The molecular weight excluding hydrogens is 260 g/mol. The van der Waals surface area contributed by atoms with Crippen LogP contribution in [0.1, 0.15) is 43.0 Å². The standard InChI is InChI=1S/C17H24N4/c1-12-6-7-21(11-15(12)10-19)17-14(9-18)8-13-4-2-3-5-16(13)20-17/h8,12,15H,2-7,10-11,19H2,1H3. The summed E-state index contributed by atoms with van der Waals surface area (Å²) < 4.78 is 0. The summed E-state index contributed by atoms with van der Waals surface area (Å²) in [6.07, 6.45) is 5.69. The third-order valence-corrected chi connectivity index (χ3v) is 5.12. The van der Waals surface area contributed by atoms with Crippen molar-refractivity contribution in [3.05, 3.63) is 22.9 Å². The zero-order valence-corrected chi connectivity index (χ0v) is 12.8. The SMILES string of the molecule is CC1CCN(c2nc3c(cc2C#N)CCCC3)CC1CN. The predicted molar refractivity (Wildman–Crippen MR) is 84.1 cm³/mol. The first-order chi connectivity index (χ1) is 10.2. The van der Waals surface area contributed by atoms with Gasteiger partial charge < -0.3 is 10.6 Å². The van der Waals surface area contributed by atoms with Gasteiger partial charge in [-0.1, -0.05) is 6.92 Å². The molecular formula is C17H24N4. The van der Waals surface area contributed by atoms with Gasteiger partial charge in [-0.25, -0.2) is 4.98 Å². The van der Waals surface area contributed by atoms with Gasteiger partial charge in [0, 0.05) is 18.8 Å². The van der Waals surface area contributed by atoms with E-state index in [0.717, 1.165) is 43.7 Å². The van der Waals surface area contributed by atoms with E-state index in [1.807, 2.05) is 0 Å². The Bertz CT molecular complexity index is 561. The second-order valence-electron chi connectivity index (χ2n) is 6.49. The third-order valence-electron chi connectivity index (χ3n) is 5.12. The summed E-state index contributed by atoms with van der Waals surface area (Å²) in [5.74, 6) is 2.06. The molecule has 2 unspecified atom stereocenters. The van der Waals surface area contributed by atoms with Crippen LogP contribution in [0.5, 0.6) is 0 Å². The van der Waals surface area contributed by atoms with Crippen molar-refractivity contribution in [1.82, 2.24) is 4.98 Å². The highest BCUT2D eigenvalue weighted by molar-refractivity contribution is 5.56. The summed E-state index contributed by atoms with van der Waals surface area (Å²) in [5, 5.41) is 9.48. The molecule has 4 heteroatoms. The van der Waals surface area contributed by atoms with E-state index >= 15 is 0 Å². The van der Waals surface area contributed by atoms with Crippen molar-refractivity contribution in [2.45, 2.75) is 39.0 Å². The average Bonchev–Trinajstić information content (AvgIpc) is 2.54. The predicted octanol–water partition coefficient (Wildman–Crippen LogP) is 2.25. The number of aryl methyl sites for hydroxylation is 2. The molecule has 1 aliphatic heterocycles. The van der Waals surface area contributed by atoms with Crippen LogP contribution in [0.15, 0.2) is 6.07 Å². The number of aromatic nitrogens is 1. The molecule has 2 atom stereocenters. The third kappa shape index (κ3) is 2.75. The lowest BCUT2D eigenvalue weighted by molar-refractivity contribution is 0.306. The van der Waals surface area contributed by atoms with Gasteiger partial charge in [-0.15, -0.1) is 0 Å². The molecule has 3 rings (SSSR count). The van der Waals surface area contributed by atoms with Crippen LogP contribution in [0.2, 0.25) is 0 Å². The highest BCUT2D eigenvalue weighted by atomic mass is 15.2. The van der Waals surface area contributed by atoms with E-state index in [1.165, 1.54) is 24.1 Å². The fourth-order valence-electron chi connectivity index (χ4n) is 3.59. The number of nitrogens with zero attached hydrogens (tertiary/aromatic N) is 3. The van der Waals surface area contributed by atoms with Gasteiger partial charge in [-0.2, -0.15) is 5.26 Å².